The van der Waals surface area contributed by atoms with Gasteiger partial charge in [-0.1, -0.05) is 96.1 Å². The fourth-order valence-electron chi connectivity index (χ4n) is 16.8. The van der Waals surface area contributed by atoms with Gasteiger partial charge in [-0.2, -0.15) is 0 Å². The highest BCUT2D eigenvalue weighted by molar-refractivity contribution is 5.92. The van der Waals surface area contributed by atoms with Crippen LogP contribution in [-0.4, -0.2) is 308 Å². The Balaban J connectivity index is 0.000000321. The lowest BCUT2D eigenvalue weighted by Gasteiger charge is -2.46. The third-order valence-electron chi connectivity index (χ3n) is 24.0. The van der Waals surface area contributed by atoms with Gasteiger partial charge in [0, 0.05) is 81.7 Å². The van der Waals surface area contributed by atoms with Crippen molar-refractivity contribution in [2.75, 3.05) is 96.3 Å². The third-order valence-corrected chi connectivity index (χ3v) is 24.0. The SMILES string of the molecule is CC[C@H]1OC(=O)C[C@H]2OC/C=C/CO/C=C\[C@@H](C[C@@H](C)C(=O)/C=C/C(C)=C/[C@@H]1CO[C@@H]1OC(C)[C@@H](C)[C@H](OC)C1OC)[C@H](O[C@@H]1OC(C)[C@@H](O)C(N(C)C)C1O)[C@H]2C.CC[C@H]1OC(=O)C[C@H]2OC/C=C/CO/C=C\[C@@H](C[C@@H](C)C(=O)/C=C/C(C)=C/[C@@H]1CO[C@@H]1OC(C)[C@@H](O)[C@H](OC)C1OC)[C@H](O[C@@H]1OC(C)[C@@H](O)C(N(C)C)C1O)[C@H]2C. The lowest BCUT2D eigenvalue weighted by atomic mass is 9.81. The van der Waals surface area contributed by atoms with E-state index >= 15 is 0 Å². The molecule has 10 unspecified atom stereocenters. The molecule has 4 fully saturated rings. The molecular weight excluding hydrogens is 1500 g/mol. The first kappa shape index (κ1) is 98.1. The summed E-state index contributed by atoms with van der Waals surface area (Å²) >= 11 is 0. The number of allylic oxidation sites excluding steroid dienone is 6. The van der Waals surface area contributed by atoms with Gasteiger partial charge in [0.05, 0.1) is 131 Å². The van der Waals surface area contributed by atoms with E-state index in [-0.39, 0.29) is 82.2 Å². The molecule has 660 valence electrons. The first-order chi connectivity index (χ1) is 55.2. The molecule has 0 aromatic carbocycles. The fourth-order valence-corrected chi connectivity index (χ4v) is 16.8. The van der Waals surface area contributed by atoms with Crippen LogP contribution in [0.2, 0.25) is 0 Å². The van der Waals surface area contributed by atoms with Gasteiger partial charge in [-0.15, -0.1) is 0 Å². The molecule has 116 heavy (non-hydrogen) atoms. The smallest absolute Gasteiger partial charge is 0.308 e. The van der Waals surface area contributed by atoms with Crippen molar-refractivity contribution in [1.29, 1.82) is 0 Å². The topological polar surface area (TPSA) is 342 Å². The standard InChI is InChI=1S/C44H71NO13.C43H69NO14/c1-12-34-32(24-54-44-42(51-11)41(50-10)27(4)29(6)55-44)21-25(2)15-16-33(46)26(3)22-31-17-20-52-18-13-14-19-53-35(23-36(47)57-34)28(5)40(31)58-43-39(49)37(45(8)9)38(48)30(7)56-43;1-11-32-30(23-54-43-41(51-10)40(50-9)37(48)28(6)56-43)20-24(2)14-15-31(45)25(3)21-29-16-19-52-17-12-13-18-53-33(22-34(46)57-32)26(4)39(29)58-42-38(49)35(44(7)8)36(47)27(5)55-42/h13-17,20-21,26-32,34-35,37-44,48-49H,12,18-19,22-24H2,1-11H3;12-16,19-20,25-30,32-33,35-43,47-49H,11,17-18,21-23H2,1-10H3/b14-13+,16-15+,20-17-,25-21+;13-12+,15-14+,19-16-,24-20+/t26-,27-,28+,29?,30?,31+,32-,34-,35-,37?,38-,39?,40-,41+,42?,43+,44-;25-,26+,27?,28?,29+,30-,32-,33-,35?,36-,37-,38?,39-,40+,41?,42+,43-/m11/s1. The minimum absolute atomic E-state index is 0.0585. The molecule has 0 radical (unpaired) electrons. The molecule has 0 saturated carbocycles. The van der Waals surface area contributed by atoms with Gasteiger partial charge >= 0.3 is 11.9 Å². The lowest BCUT2D eigenvalue weighted by Crippen LogP contribution is -2.63. The van der Waals surface area contributed by atoms with Crippen molar-refractivity contribution in [2.45, 2.75) is 282 Å². The maximum Gasteiger partial charge on any atom is 0.308 e. The Morgan fingerprint density at radius 2 is 0.793 bits per heavy atom. The number of hydrogen-bond donors (Lipinski definition) is 5. The van der Waals surface area contributed by atoms with Crippen LogP contribution < -0.4 is 0 Å². The minimum Gasteiger partial charge on any atom is -0.497 e. The number of likely N-dealkylation sites (N-methyl/N-ethyl adjacent to an activating group) is 2. The summed E-state index contributed by atoms with van der Waals surface area (Å²) in [4.78, 5) is 59.3. The Bertz CT molecular complexity index is 3040. The first-order valence-corrected chi connectivity index (χ1v) is 41.5. The van der Waals surface area contributed by atoms with Crippen molar-refractivity contribution in [3.05, 3.63) is 96.6 Å². The van der Waals surface area contributed by atoms with Crippen molar-refractivity contribution in [1.82, 2.24) is 9.80 Å². The van der Waals surface area contributed by atoms with Gasteiger partial charge < -0.3 is 121 Å². The van der Waals surface area contributed by atoms with Crippen molar-refractivity contribution >= 4 is 23.5 Å². The number of esters is 2. The van der Waals surface area contributed by atoms with Crippen LogP contribution in [0.3, 0.4) is 0 Å². The largest absolute Gasteiger partial charge is 0.497 e. The number of aliphatic hydroxyl groups excluding tert-OH is 5. The van der Waals surface area contributed by atoms with Crippen LogP contribution in [0.15, 0.2) is 96.6 Å². The van der Waals surface area contributed by atoms with Gasteiger partial charge in [0.1, 0.15) is 62.0 Å². The number of rotatable bonds is 18. The van der Waals surface area contributed by atoms with Crippen LogP contribution in [0, 0.1) is 53.3 Å². The molecule has 8 aliphatic rings. The summed E-state index contributed by atoms with van der Waals surface area (Å²) in [7, 11) is 13.3. The second-order valence-electron chi connectivity index (χ2n) is 33.0. The number of hydrogen-bond acceptors (Lipinski definition) is 29. The monoisotopic (exact) mass is 1640 g/mol. The van der Waals surface area contributed by atoms with E-state index in [0.717, 1.165) is 11.1 Å². The maximum absolute atomic E-state index is 14.1. The van der Waals surface area contributed by atoms with Gasteiger partial charge in [-0.3, -0.25) is 19.2 Å². The quantitative estimate of drug-likeness (QED) is 0.0656. The van der Waals surface area contributed by atoms with Crippen molar-refractivity contribution in [3.8, 4) is 0 Å². The van der Waals surface area contributed by atoms with Gasteiger partial charge in [0.2, 0.25) is 0 Å². The highest BCUT2D eigenvalue weighted by atomic mass is 16.7. The molecule has 4 saturated heterocycles. The zero-order valence-corrected chi connectivity index (χ0v) is 72.3. The van der Waals surface area contributed by atoms with E-state index in [9.17, 15) is 44.7 Å². The number of cyclic esters (lactones) is 2. The Morgan fingerprint density at radius 3 is 1.17 bits per heavy atom. The van der Waals surface area contributed by atoms with Gasteiger partial charge in [-0.05, 0) is 132 Å². The molecular formula is C87H140N2O27. The molecule has 0 spiro atoms. The van der Waals surface area contributed by atoms with Crippen LogP contribution in [0.4, 0.5) is 0 Å². The maximum atomic E-state index is 14.1. The average molecular weight is 1650 g/mol. The molecule has 8 aliphatic heterocycles. The van der Waals surface area contributed by atoms with Gasteiger partial charge in [0.25, 0.3) is 0 Å². The van der Waals surface area contributed by atoms with E-state index in [1.807, 2.05) is 111 Å². The number of methoxy groups -OCH3 is 4. The molecule has 0 aromatic heterocycles. The van der Waals surface area contributed by atoms with E-state index in [1.165, 1.54) is 14.2 Å². The zero-order valence-electron chi connectivity index (χ0n) is 72.3. The van der Waals surface area contributed by atoms with E-state index in [0.29, 0.717) is 25.7 Å². The molecule has 4 bridgehead atoms. The summed E-state index contributed by atoms with van der Waals surface area (Å²) in [6, 6.07) is -1.36. The van der Waals surface area contributed by atoms with Crippen LogP contribution in [0.25, 0.3) is 0 Å². The average Bonchev–Trinajstić information content (AvgIpc) is 0.830. The van der Waals surface area contributed by atoms with Crippen LogP contribution in [0.5, 0.6) is 0 Å². The first-order valence-electron chi connectivity index (χ1n) is 41.5. The number of aliphatic hydroxyl groups is 5. The highest BCUT2D eigenvalue weighted by Gasteiger charge is 2.52. The minimum atomic E-state index is -1.23. The number of fused-ring (bicyclic) bond motifs is 6. The van der Waals surface area contributed by atoms with Crippen molar-refractivity contribution in [2.24, 2.45) is 53.3 Å². The molecule has 8 heterocycles. The normalized spacial score (nSPS) is 43.9. The van der Waals surface area contributed by atoms with E-state index in [4.69, 9.17) is 85.3 Å². The van der Waals surface area contributed by atoms with Crippen LogP contribution in [-0.2, 0) is 104 Å². The van der Waals surface area contributed by atoms with Crippen LogP contribution >= 0.6 is 0 Å². The summed E-state index contributed by atoms with van der Waals surface area (Å²) in [5.74, 6) is -4.80. The number of carbonyl (C=O) groups is 4. The number of carbonyl (C=O) groups excluding carboxylic acids is 4. The third kappa shape index (κ3) is 27.0. The van der Waals surface area contributed by atoms with Crippen molar-refractivity contribution < 1.29 is 130 Å². The summed E-state index contributed by atoms with van der Waals surface area (Å²) in [5, 5.41) is 55.7. The molecule has 8 rings (SSSR count). The number of ether oxygens (including phenoxy) is 18. The summed E-state index contributed by atoms with van der Waals surface area (Å²) in [6.45, 7) is 25.6. The Hall–Kier alpha value is -5.04. The molecule has 34 atom stereocenters. The molecule has 29 nitrogen and oxygen atoms in total. The molecule has 0 amide bonds. The highest BCUT2D eigenvalue weighted by Crippen LogP contribution is 2.40. The zero-order chi connectivity index (χ0) is 85.4. The molecule has 5 N–H and O–H groups in total. The van der Waals surface area contributed by atoms with Crippen molar-refractivity contribution in [3.63, 3.8) is 0 Å². The summed E-state index contributed by atoms with van der Waals surface area (Å²) < 4.78 is 111. The van der Waals surface area contributed by atoms with E-state index < -0.39 is 200 Å². The second-order valence-corrected chi connectivity index (χ2v) is 33.0. The number of ketones is 2. The number of nitrogens with zero attached hydrogens (tertiary/aromatic N) is 2. The second kappa shape index (κ2) is 48.0. The molecule has 0 aromatic rings. The molecule has 29 heteroatoms. The van der Waals surface area contributed by atoms with E-state index in [1.54, 1.807) is 110 Å². The van der Waals surface area contributed by atoms with Gasteiger partial charge in [0.15, 0.2) is 36.7 Å². The summed E-state index contributed by atoms with van der Waals surface area (Å²) in [5.41, 5.74) is 1.55. The van der Waals surface area contributed by atoms with Crippen LogP contribution in [0.1, 0.15) is 129 Å². The van der Waals surface area contributed by atoms with E-state index in [2.05, 4.69) is 6.92 Å². The Labute approximate surface area is 688 Å². The fraction of sp³-hybridized carbons (Fsp3) is 0.770. The Morgan fingerprint density at radius 1 is 0.431 bits per heavy atom. The molecule has 0 aliphatic carbocycles. The predicted octanol–water partition coefficient (Wildman–Crippen LogP) is 7.47. The summed E-state index contributed by atoms with van der Waals surface area (Å²) in [6.07, 6.45) is 8.52. The lowest BCUT2D eigenvalue weighted by molar-refractivity contribution is -0.304. The predicted molar refractivity (Wildman–Crippen MR) is 430 cm³/mol. The van der Waals surface area contributed by atoms with Gasteiger partial charge in [-0.25, -0.2) is 0 Å². The Kier molecular flexibility index (Phi) is 40.6.